The van der Waals surface area contributed by atoms with Gasteiger partial charge in [0.25, 0.3) is 0 Å². The number of pyridine rings is 1. The molecule has 0 amide bonds. The highest BCUT2D eigenvalue weighted by Gasteiger charge is 2.20. The molecule has 1 N–H and O–H groups in total. The molecule has 3 rings (SSSR count). The van der Waals surface area contributed by atoms with Crippen LogP contribution < -0.4 is 5.32 Å². The molecule has 2 aromatic heterocycles. The average molecular weight is 246 g/mol. The number of hydrogen-bond donors (Lipinski definition) is 1. The van der Waals surface area contributed by atoms with Crippen molar-refractivity contribution in [3.05, 3.63) is 23.9 Å². The highest BCUT2D eigenvalue weighted by molar-refractivity contribution is 5.49. The molecule has 1 aliphatic rings. The fourth-order valence-corrected chi connectivity index (χ4v) is 1.88. The van der Waals surface area contributed by atoms with E-state index in [9.17, 15) is 0 Å². The zero-order valence-corrected chi connectivity index (χ0v) is 10.6. The predicted octanol–water partition coefficient (Wildman–Crippen LogP) is 1.88. The van der Waals surface area contributed by atoms with Gasteiger partial charge in [0.1, 0.15) is 0 Å². The normalized spacial score (nSPS) is 15.2. The third-order valence-corrected chi connectivity index (χ3v) is 3.14. The van der Waals surface area contributed by atoms with Crippen LogP contribution in [0, 0.1) is 12.8 Å². The van der Waals surface area contributed by atoms with Crippen molar-refractivity contribution in [1.82, 2.24) is 14.6 Å². The number of rotatable bonds is 6. The Bertz CT molecular complexity index is 533. The molecular weight excluding hydrogens is 228 g/mol. The summed E-state index contributed by atoms with van der Waals surface area (Å²) in [5, 5.41) is 7.54. The maximum Gasteiger partial charge on any atom is 0.243 e. The first-order valence-electron chi connectivity index (χ1n) is 6.46. The Kier molecular flexibility index (Phi) is 3.15. The second kappa shape index (κ2) is 4.94. The summed E-state index contributed by atoms with van der Waals surface area (Å²) in [5.41, 5.74) is 2.03. The van der Waals surface area contributed by atoms with Crippen molar-refractivity contribution >= 4 is 11.6 Å². The maximum atomic E-state index is 5.55. The number of aromatic nitrogens is 3. The first kappa shape index (κ1) is 11.5. The molecule has 5 heteroatoms. The van der Waals surface area contributed by atoms with Gasteiger partial charge in [-0.3, -0.25) is 0 Å². The second-order valence-corrected chi connectivity index (χ2v) is 4.84. The van der Waals surface area contributed by atoms with Gasteiger partial charge in [-0.25, -0.2) is 4.52 Å². The average Bonchev–Trinajstić information content (AvgIpc) is 3.08. The third-order valence-electron chi connectivity index (χ3n) is 3.14. The van der Waals surface area contributed by atoms with Crippen LogP contribution in [0.2, 0.25) is 0 Å². The summed E-state index contributed by atoms with van der Waals surface area (Å²) in [5.74, 6) is 1.49. The van der Waals surface area contributed by atoms with E-state index >= 15 is 0 Å². The van der Waals surface area contributed by atoms with Gasteiger partial charge in [0.15, 0.2) is 5.65 Å². The molecule has 5 nitrogen and oxygen atoms in total. The van der Waals surface area contributed by atoms with E-state index in [2.05, 4.69) is 15.4 Å². The fourth-order valence-electron chi connectivity index (χ4n) is 1.88. The molecule has 0 aliphatic heterocycles. The molecule has 2 aromatic rings. The fraction of sp³-hybridized carbons (Fsp3) is 0.538. The van der Waals surface area contributed by atoms with Crippen LogP contribution >= 0.6 is 0 Å². The van der Waals surface area contributed by atoms with E-state index in [0.29, 0.717) is 12.6 Å². The minimum Gasteiger partial charge on any atom is -0.379 e. The summed E-state index contributed by atoms with van der Waals surface area (Å²) >= 11 is 0. The molecule has 18 heavy (non-hydrogen) atoms. The van der Waals surface area contributed by atoms with E-state index in [1.807, 2.05) is 25.3 Å². The Balaban J connectivity index is 1.52. The number of aryl methyl sites for hydroxylation is 1. The SMILES string of the molecule is Cc1cccn2nc(NCCOCC3CC3)nc12. The van der Waals surface area contributed by atoms with Crippen molar-refractivity contribution in [2.24, 2.45) is 5.92 Å². The topological polar surface area (TPSA) is 51.5 Å². The van der Waals surface area contributed by atoms with E-state index in [0.717, 1.165) is 30.3 Å². The molecular formula is C13H18N4O. The maximum absolute atomic E-state index is 5.55. The summed E-state index contributed by atoms with van der Waals surface area (Å²) in [4.78, 5) is 4.44. The second-order valence-electron chi connectivity index (χ2n) is 4.84. The van der Waals surface area contributed by atoms with Gasteiger partial charge in [-0.15, -0.1) is 5.10 Å². The Labute approximate surface area is 106 Å². The highest BCUT2D eigenvalue weighted by atomic mass is 16.5. The van der Waals surface area contributed by atoms with E-state index in [4.69, 9.17) is 4.74 Å². The van der Waals surface area contributed by atoms with Crippen molar-refractivity contribution < 1.29 is 4.74 Å². The summed E-state index contributed by atoms with van der Waals surface area (Å²) in [6.45, 7) is 4.40. The predicted molar refractivity (Wildman–Crippen MR) is 69.8 cm³/mol. The van der Waals surface area contributed by atoms with Gasteiger partial charge in [0.2, 0.25) is 5.95 Å². The number of nitrogens with one attached hydrogen (secondary N) is 1. The smallest absolute Gasteiger partial charge is 0.243 e. The van der Waals surface area contributed by atoms with Gasteiger partial charge in [0.05, 0.1) is 6.61 Å². The number of fused-ring (bicyclic) bond motifs is 1. The van der Waals surface area contributed by atoms with Crippen LogP contribution in [-0.4, -0.2) is 34.4 Å². The molecule has 0 aromatic carbocycles. The summed E-state index contributed by atoms with van der Waals surface area (Å²) in [7, 11) is 0. The van der Waals surface area contributed by atoms with E-state index in [-0.39, 0.29) is 0 Å². The first-order chi connectivity index (χ1) is 8.83. The van der Waals surface area contributed by atoms with Crippen LogP contribution in [0.3, 0.4) is 0 Å². The molecule has 1 aliphatic carbocycles. The largest absolute Gasteiger partial charge is 0.379 e. The lowest BCUT2D eigenvalue weighted by molar-refractivity contribution is 0.133. The quantitative estimate of drug-likeness (QED) is 0.791. The van der Waals surface area contributed by atoms with Gasteiger partial charge in [-0.05, 0) is 37.3 Å². The van der Waals surface area contributed by atoms with Crippen molar-refractivity contribution in [3.8, 4) is 0 Å². The van der Waals surface area contributed by atoms with Crippen LogP contribution in [0.15, 0.2) is 18.3 Å². The van der Waals surface area contributed by atoms with Crippen LogP contribution in [0.5, 0.6) is 0 Å². The van der Waals surface area contributed by atoms with Crippen molar-refractivity contribution in [2.45, 2.75) is 19.8 Å². The number of nitrogens with zero attached hydrogens (tertiary/aromatic N) is 3. The lowest BCUT2D eigenvalue weighted by Crippen LogP contribution is -2.11. The number of hydrogen-bond acceptors (Lipinski definition) is 4. The first-order valence-corrected chi connectivity index (χ1v) is 6.46. The highest BCUT2D eigenvalue weighted by Crippen LogP contribution is 2.28. The van der Waals surface area contributed by atoms with Crippen LogP contribution in [0.4, 0.5) is 5.95 Å². The summed E-state index contributed by atoms with van der Waals surface area (Å²) < 4.78 is 7.35. The molecule has 1 saturated carbocycles. The molecule has 0 spiro atoms. The Hall–Kier alpha value is -1.62. The summed E-state index contributed by atoms with van der Waals surface area (Å²) in [6.07, 6.45) is 4.57. The molecule has 0 saturated heterocycles. The standard InChI is InChI=1S/C13H18N4O/c1-10-3-2-7-17-12(10)15-13(16-17)14-6-8-18-9-11-4-5-11/h2-3,7,11H,4-6,8-9H2,1H3,(H,14,16). The van der Waals surface area contributed by atoms with Gasteiger partial charge in [-0.1, -0.05) is 6.07 Å². The van der Waals surface area contributed by atoms with Gasteiger partial charge in [0, 0.05) is 19.3 Å². The molecule has 0 atom stereocenters. The van der Waals surface area contributed by atoms with Gasteiger partial charge in [-0.2, -0.15) is 4.98 Å². The monoisotopic (exact) mass is 246 g/mol. The van der Waals surface area contributed by atoms with Crippen LogP contribution in [-0.2, 0) is 4.74 Å². The van der Waals surface area contributed by atoms with Crippen LogP contribution in [0.1, 0.15) is 18.4 Å². The number of ether oxygens (including phenoxy) is 1. The number of anilines is 1. The van der Waals surface area contributed by atoms with Crippen molar-refractivity contribution in [3.63, 3.8) is 0 Å². The minimum absolute atomic E-state index is 0.666. The van der Waals surface area contributed by atoms with Gasteiger partial charge < -0.3 is 10.1 Å². The third kappa shape index (κ3) is 2.61. The van der Waals surface area contributed by atoms with E-state index in [1.54, 1.807) is 4.52 Å². The van der Waals surface area contributed by atoms with Crippen LogP contribution in [0.25, 0.3) is 5.65 Å². The molecule has 2 heterocycles. The Morgan fingerprint density at radius 2 is 2.39 bits per heavy atom. The zero-order chi connectivity index (χ0) is 12.4. The minimum atomic E-state index is 0.666. The zero-order valence-electron chi connectivity index (χ0n) is 10.6. The van der Waals surface area contributed by atoms with E-state index in [1.165, 1.54) is 12.8 Å². The lowest BCUT2D eigenvalue weighted by Gasteiger charge is -2.02. The molecule has 0 radical (unpaired) electrons. The molecule has 1 fully saturated rings. The Morgan fingerprint density at radius 1 is 1.50 bits per heavy atom. The summed E-state index contributed by atoms with van der Waals surface area (Å²) in [6, 6.07) is 4.01. The molecule has 0 bridgehead atoms. The van der Waals surface area contributed by atoms with E-state index < -0.39 is 0 Å². The Morgan fingerprint density at radius 3 is 3.17 bits per heavy atom. The molecule has 96 valence electrons. The molecule has 0 unspecified atom stereocenters. The van der Waals surface area contributed by atoms with Crippen molar-refractivity contribution in [1.29, 1.82) is 0 Å². The van der Waals surface area contributed by atoms with Crippen molar-refractivity contribution in [2.75, 3.05) is 25.1 Å². The lowest BCUT2D eigenvalue weighted by atomic mass is 10.3. The van der Waals surface area contributed by atoms with Gasteiger partial charge >= 0.3 is 0 Å².